The van der Waals surface area contributed by atoms with Gasteiger partial charge in [0, 0.05) is 33.8 Å². The first kappa shape index (κ1) is 23.7. The lowest BCUT2D eigenvalue weighted by Crippen LogP contribution is -2.40. The number of likely N-dealkylation sites (N-methyl/N-ethyl adjacent to an activating group) is 1. The monoisotopic (exact) mass is 390 g/mol. The van der Waals surface area contributed by atoms with Crippen LogP contribution in [0.2, 0.25) is 0 Å². The fourth-order valence-corrected chi connectivity index (χ4v) is 2.06. The van der Waals surface area contributed by atoms with E-state index in [9.17, 15) is 4.79 Å². The third-order valence-electron chi connectivity index (χ3n) is 3.67. The van der Waals surface area contributed by atoms with Gasteiger partial charge in [-0.2, -0.15) is 0 Å². The van der Waals surface area contributed by atoms with Gasteiger partial charge in [0.15, 0.2) is 5.96 Å². The van der Waals surface area contributed by atoms with Crippen LogP contribution in [0, 0.1) is 0 Å². The summed E-state index contributed by atoms with van der Waals surface area (Å²) in [5.74, 6) is 0.555. The van der Waals surface area contributed by atoms with E-state index in [-0.39, 0.29) is 12.5 Å². The molecule has 0 aromatic heterocycles. The predicted octanol–water partition coefficient (Wildman–Crippen LogP) is 1.81. The van der Waals surface area contributed by atoms with Gasteiger partial charge in [-0.1, -0.05) is 42.5 Å². The normalized spacial score (nSPS) is 11.2. The van der Waals surface area contributed by atoms with Crippen LogP contribution >= 0.6 is 0 Å². The van der Waals surface area contributed by atoms with Gasteiger partial charge in [0.1, 0.15) is 6.54 Å². The van der Waals surface area contributed by atoms with Crippen molar-refractivity contribution in [2.75, 3.05) is 53.6 Å². The molecular weight excluding hydrogens is 356 g/mol. The first-order valence-corrected chi connectivity index (χ1v) is 9.55. The molecule has 1 rings (SSSR count). The maximum Gasteiger partial charge on any atom is 0.243 e. The van der Waals surface area contributed by atoms with Crippen molar-refractivity contribution in [2.45, 2.75) is 20.0 Å². The first-order chi connectivity index (χ1) is 13.5. The van der Waals surface area contributed by atoms with Crippen molar-refractivity contribution in [1.82, 2.24) is 15.5 Å². The second kappa shape index (κ2) is 14.6. The Balaban J connectivity index is 2.14. The number of guanidine groups is 1. The molecule has 7 nitrogen and oxygen atoms in total. The van der Waals surface area contributed by atoms with Crippen molar-refractivity contribution in [1.29, 1.82) is 0 Å². The second-order valence-electron chi connectivity index (χ2n) is 6.69. The SMILES string of the molecule is C=C(C)CNC(=NCC(=O)N(C)C)NCCCOCCOCc1ccccc1. The number of ether oxygens (including phenoxy) is 2. The Bertz CT molecular complexity index is 603. The van der Waals surface area contributed by atoms with Crippen LogP contribution in [0.15, 0.2) is 47.5 Å². The predicted molar refractivity (Wildman–Crippen MR) is 113 cm³/mol. The number of benzene rings is 1. The van der Waals surface area contributed by atoms with Crippen LogP contribution in [0.4, 0.5) is 0 Å². The van der Waals surface area contributed by atoms with Crippen LogP contribution < -0.4 is 10.6 Å². The number of hydrogen-bond acceptors (Lipinski definition) is 4. The smallest absolute Gasteiger partial charge is 0.243 e. The van der Waals surface area contributed by atoms with Crippen LogP contribution in [0.1, 0.15) is 18.9 Å². The summed E-state index contributed by atoms with van der Waals surface area (Å²) in [6, 6.07) is 10.1. The van der Waals surface area contributed by atoms with Crippen molar-refractivity contribution in [3.8, 4) is 0 Å². The van der Waals surface area contributed by atoms with E-state index in [4.69, 9.17) is 9.47 Å². The number of aliphatic imine (C=N–C) groups is 1. The molecule has 0 saturated heterocycles. The van der Waals surface area contributed by atoms with E-state index in [0.717, 1.165) is 17.6 Å². The van der Waals surface area contributed by atoms with E-state index in [0.29, 0.717) is 45.5 Å². The van der Waals surface area contributed by atoms with Crippen molar-refractivity contribution in [2.24, 2.45) is 4.99 Å². The number of rotatable bonds is 13. The van der Waals surface area contributed by atoms with Gasteiger partial charge in [0.2, 0.25) is 5.91 Å². The lowest BCUT2D eigenvalue weighted by atomic mass is 10.2. The molecule has 0 saturated carbocycles. The fraction of sp³-hybridized carbons (Fsp3) is 0.524. The molecule has 0 unspecified atom stereocenters. The molecule has 1 aromatic rings. The molecule has 28 heavy (non-hydrogen) atoms. The van der Waals surface area contributed by atoms with Crippen LogP contribution in [-0.4, -0.2) is 70.3 Å². The van der Waals surface area contributed by atoms with Gasteiger partial charge >= 0.3 is 0 Å². The molecule has 0 aliphatic rings. The van der Waals surface area contributed by atoms with Crippen LogP contribution in [0.25, 0.3) is 0 Å². The zero-order chi connectivity index (χ0) is 20.6. The van der Waals surface area contributed by atoms with E-state index in [1.54, 1.807) is 14.1 Å². The molecule has 0 aliphatic heterocycles. The van der Waals surface area contributed by atoms with Gasteiger partial charge in [-0.15, -0.1) is 0 Å². The summed E-state index contributed by atoms with van der Waals surface area (Å²) in [7, 11) is 3.43. The Morgan fingerprint density at radius 3 is 2.50 bits per heavy atom. The third kappa shape index (κ3) is 12.1. The van der Waals surface area contributed by atoms with Gasteiger partial charge in [0.05, 0.1) is 19.8 Å². The quantitative estimate of drug-likeness (QED) is 0.233. The zero-order valence-electron chi connectivity index (χ0n) is 17.4. The highest BCUT2D eigenvalue weighted by atomic mass is 16.5. The number of carbonyl (C=O) groups excluding carboxylic acids is 1. The van der Waals surface area contributed by atoms with Crippen LogP contribution in [0.3, 0.4) is 0 Å². The third-order valence-corrected chi connectivity index (χ3v) is 3.67. The number of carbonyl (C=O) groups is 1. The number of hydrogen-bond donors (Lipinski definition) is 2. The Morgan fingerprint density at radius 2 is 1.82 bits per heavy atom. The summed E-state index contributed by atoms with van der Waals surface area (Å²) < 4.78 is 11.2. The topological polar surface area (TPSA) is 75.2 Å². The van der Waals surface area contributed by atoms with Gasteiger partial charge in [-0.05, 0) is 18.9 Å². The maximum absolute atomic E-state index is 11.7. The molecule has 1 aromatic carbocycles. The first-order valence-electron chi connectivity index (χ1n) is 9.55. The van der Waals surface area contributed by atoms with Gasteiger partial charge in [0.25, 0.3) is 0 Å². The Kier molecular flexibility index (Phi) is 12.4. The summed E-state index contributed by atoms with van der Waals surface area (Å²) in [6.45, 7) is 9.58. The molecule has 2 N–H and O–H groups in total. The molecule has 0 radical (unpaired) electrons. The van der Waals surface area contributed by atoms with E-state index in [1.165, 1.54) is 4.90 Å². The van der Waals surface area contributed by atoms with Crippen molar-refractivity contribution < 1.29 is 14.3 Å². The zero-order valence-corrected chi connectivity index (χ0v) is 17.4. The van der Waals surface area contributed by atoms with Crippen molar-refractivity contribution >= 4 is 11.9 Å². The minimum Gasteiger partial charge on any atom is -0.379 e. The lowest BCUT2D eigenvalue weighted by Gasteiger charge is -2.14. The Labute approximate surface area is 168 Å². The number of nitrogens with zero attached hydrogens (tertiary/aromatic N) is 2. The summed E-state index contributed by atoms with van der Waals surface area (Å²) >= 11 is 0. The van der Waals surface area contributed by atoms with Gasteiger partial charge < -0.3 is 25.0 Å². The Hall–Kier alpha value is -2.38. The van der Waals surface area contributed by atoms with Gasteiger partial charge in [-0.25, -0.2) is 4.99 Å². The number of amides is 1. The minimum atomic E-state index is -0.0461. The lowest BCUT2D eigenvalue weighted by molar-refractivity contribution is -0.127. The molecule has 0 fully saturated rings. The average Bonchev–Trinajstić information content (AvgIpc) is 2.68. The van der Waals surface area contributed by atoms with E-state index in [2.05, 4.69) is 22.2 Å². The van der Waals surface area contributed by atoms with Crippen LogP contribution in [0.5, 0.6) is 0 Å². The standard InChI is InChI=1S/C21H34N4O3/c1-18(2)15-23-21(24-16-20(26)25(3)4)22-11-8-12-27-13-14-28-17-19-9-6-5-7-10-19/h5-7,9-10H,1,8,11-17H2,2-4H3,(H2,22,23,24). The molecule has 0 atom stereocenters. The fourth-order valence-electron chi connectivity index (χ4n) is 2.06. The molecule has 156 valence electrons. The summed E-state index contributed by atoms with van der Waals surface area (Å²) in [5, 5.41) is 6.36. The highest BCUT2D eigenvalue weighted by Gasteiger charge is 2.04. The maximum atomic E-state index is 11.7. The molecule has 0 aliphatic carbocycles. The number of nitrogens with one attached hydrogen (secondary N) is 2. The van der Waals surface area contributed by atoms with Crippen molar-refractivity contribution in [3.05, 3.63) is 48.0 Å². The average molecular weight is 391 g/mol. The molecule has 0 spiro atoms. The molecule has 0 bridgehead atoms. The molecular formula is C21H34N4O3. The van der Waals surface area contributed by atoms with E-state index < -0.39 is 0 Å². The molecule has 1 amide bonds. The molecule has 0 heterocycles. The minimum absolute atomic E-state index is 0.0461. The van der Waals surface area contributed by atoms with Crippen molar-refractivity contribution in [3.63, 3.8) is 0 Å². The highest BCUT2D eigenvalue weighted by Crippen LogP contribution is 2.00. The second-order valence-corrected chi connectivity index (χ2v) is 6.69. The summed E-state index contributed by atoms with van der Waals surface area (Å²) in [6.07, 6.45) is 0.827. The largest absolute Gasteiger partial charge is 0.379 e. The van der Waals surface area contributed by atoms with Crippen LogP contribution in [-0.2, 0) is 20.9 Å². The van der Waals surface area contributed by atoms with E-state index >= 15 is 0 Å². The van der Waals surface area contributed by atoms with Gasteiger partial charge in [-0.3, -0.25) is 4.79 Å². The highest BCUT2D eigenvalue weighted by molar-refractivity contribution is 5.84. The molecule has 7 heteroatoms. The summed E-state index contributed by atoms with van der Waals surface area (Å²) in [4.78, 5) is 17.5. The summed E-state index contributed by atoms with van der Waals surface area (Å²) in [5.41, 5.74) is 2.15. The van der Waals surface area contributed by atoms with E-state index in [1.807, 2.05) is 37.3 Å². The Morgan fingerprint density at radius 1 is 1.11 bits per heavy atom.